The summed E-state index contributed by atoms with van der Waals surface area (Å²) in [5.74, 6) is 0.0888. The van der Waals surface area contributed by atoms with E-state index in [0.717, 1.165) is 5.69 Å². The number of methoxy groups -OCH3 is 1. The number of rotatable bonds is 8. The van der Waals surface area contributed by atoms with E-state index in [9.17, 15) is 13.5 Å². The minimum absolute atomic E-state index is 0.0888. The fraction of sp³-hybridized carbons (Fsp3) is 0.571. The molecule has 0 aliphatic carbocycles. The second kappa shape index (κ2) is 7.06. The van der Waals surface area contributed by atoms with E-state index < -0.39 is 15.4 Å². The molecular weight excluding hydrogens is 278 g/mol. The van der Waals surface area contributed by atoms with Gasteiger partial charge in [-0.15, -0.1) is 0 Å². The van der Waals surface area contributed by atoms with Crippen LogP contribution in [-0.2, 0) is 14.6 Å². The molecule has 2 N–H and O–H groups in total. The lowest BCUT2D eigenvalue weighted by Gasteiger charge is -2.23. The Balaban J connectivity index is 2.63. The molecule has 1 rings (SSSR count). The second-order valence-corrected chi connectivity index (χ2v) is 7.30. The first kappa shape index (κ1) is 16.9. The third-order valence-corrected chi connectivity index (χ3v) is 4.86. The van der Waals surface area contributed by atoms with E-state index in [1.165, 1.54) is 0 Å². The van der Waals surface area contributed by atoms with Crippen LogP contribution in [0.4, 0.5) is 5.69 Å². The number of benzene rings is 1. The Bertz CT molecular complexity index is 508. The van der Waals surface area contributed by atoms with E-state index in [2.05, 4.69) is 5.32 Å². The molecule has 1 unspecified atom stereocenters. The Kier molecular flexibility index (Phi) is 5.98. The normalized spacial score (nSPS) is 14.8. The van der Waals surface area contributed by atoms with E-state index in [0.29, 0.717) is 24.5 Å². The van der Waals surface area contributed by atoms with Crippen molar-refractivity contribution in [2.45, 2.75) is 30.8 Å². The highest BCUT2D eigenvalue weighted by molar-refractivity contribution is 7.91. The molecule has 6 heteroatoms. The maximum Gasteiger partial charge on any atom is 0.178 e. The average molecular weight is 301 g/mol. The summed E-state index contributed by atoms with van der Waals surface area (Å²) >= 11 is 0. The molecule has 20 heavy (non-hydrogen) atoms. The van der Waals surface area contributed by atoms with Crippen molar-refractivity contribution in [2.24, 2.45) is 0 Å². The van der Waals surface area contributed by atoms with Gasteiger partial charge in [0.05, 0.1) is 16.2 Å². The molecule has 0 saturated heterocycles. The minimum Gasteiger partial charge on any atom is -0.388 e. The molecular formula is C14H23NO4S. The van der Waals surface area contributed by atoms with Gasteiger partial charge in [0.25, 0.3) is 0 Å². The zero-order valence-electron chi connectivity index (χ0n) is 12.2. The molecule has 0 amide bonds. The highest BCUT2D eigenvalue weighted by Gasteiger charge is 2.19. The summed E-state index contributed by atoms with van der Waals surface area (Å²) in [7, 11) is -1.57. The van der Waals surface area contributed by atoms with Crippen molar-refractivity contribution in [1.82, 2.24) is 0 Å². The maximum atomic E-state index is 11.7. The lowest BCUT2D eigenvalue weighted by atomic mass is 10.0. The van der Waals surface area contributed by atoms with Crippen molar-refractivity contribution in [2.75, 3.05) is 31.3 Å². The Labute approximate surface area is 120 Å². The van der Waals surface area contributed by atoms with Crippen molar-refractivity contribution in [3.05, 3.63) is 24.3 Å². The summed E-state index contributed by atoms with van der Waals surface area (Å²) < 4.78 is 28.3. The third-order valence-electron chi connectivity index (χ3n) is 3.11. The van der Waals surface area contributed by atoms with Crippen LogP contribution in [0.2, 0.25) is 0 Å². The predicted octanol–water partition coefficient (Wildman–Crippen LogP) is 1.68. The van der Waals surface area contributed by atoms with E-state index >= 15 is 0 Å². The van der Waals surface area contributed by atoms with Crippen molar-refractivity contribution in [1.29, 1.82) is 0 Å². The van der Waals surface area contributed by atoms with Crippen molar-refractivity contribution in [3.8, 4) is 0 Å². The number of ether oxygens (including phenoxy) is 1. The van der Waals surface area contributed by atoms with Crippen LogP contribution in [0.1, 0.15) is 20.3 Å². The molecule has 0 aromatic heterocycles. The van der Waals surface area contributed by atoms with Gasteiger partial charge in [-0.2, -0.15) is 0 Å². The molecule has 0 saturated carbocycles. The summed E-state index contributed by atoms with van der Waals surface area (Å²) in [6.07, 6.45) is 0.527. The van der Waals surface area contributed by atoms with E-state index in [1.54, 1.807) is 45.2 Å². The second-order valence-electron chi connectivity index (χ2n) is 5.02. The Morgan fingerprint density at radius 1 is 1.30 bits per heavy atom. The number of nitrogens with one attached hydrogen (secondary N) is 1. The van der Waals surface area contributed by atoms with Gasteiger partial charge in [-0.1, -0.05) is 6.92 Å². The summed E-state index contributed by atoms with van der Waals surface area (Å²) in [5, 5.41) is 13.2. The molecule has 114 valence electrons. The average Bonchev–Trinajstić information content (AvgIpc) is 2.43. The van der Waals surface area contributed by atoms with E-state index in [4.69, 9.17) is 4.74 Å². The van der Waals surface area contributed by atoms with Crippen molar-refractivity contribution >= 4 is 15.5 Å². The van der Waals surface area contributed by atoms with Gasteiger partial charge < -0.3 is 15.2 Å². The molecule has 5 nitrogen and oxygen atoms in total. The Hall–Kier alpha value is -1.11. The van der Waals surface area contributed by atoms with Gasteiger partial charge in [-0.3, -0.25) is 0 Å². The molecule has 0 aliphatic heterocycles. The summed E-state index contributed by atoms with van der Waals surface area (Å²) in [4.78, 5) is 0.316. The summed E-state index contributed by atoms with van der Waals surface area (Å²) in [6, 6.07) is 6.56. The number of sulfone groups is 1. The fourth-order valence-electron chi connectivity index (χ4n) is 1.65. The maximum absolute atomic E-state index is 11.7. The van der Waals surface area contributed by atoms with Gasteiger partial charge in [0.1, 0.15) is 0 Å². The lowest BCUT2D eigenvalue weighted by molar-refractivity contribution is 0.0357. The van der Waals surface area contributed by atoms with Crippen LogP contribution in [0.15, 0.2) is 29.2 Å². The largest absolute Gasteiger partial charge is 0.388 e. The van der Waals surface area contributed by atoms with E-state index in [1.807, 2.05) is 0 Å². The first-order valence-corrected chi connectivity index (χ1v) is 8.24. The quantitative estimate of drug-likeness (QED) is 0.764. The van der Waals surface area contributed by atoms with Crippen LogP contribution in [0.25, 0.3) is 0 Å². The van der Waals surface area contributed by atoms with Crippen LogP contribution in [0, 0.1) is 0 Å². The third kappa shape index (κ3) is 5.11. The number of anilines is 1. The van der Waals surface area contributed by atoms with Gasteiger partial charge in [0.2, 0.25) is 0 Å². The monoisotopic (exact) mass is 301 g/mol. The summed E-state index contributed by atoms with van der Waals surface area (Å²) in [5.41, 5.74) is -0.0952. The zero-order chi connectivity index (χ0) is 15.2. The number of hydrogen-bond acceptors (Lipinski definition) is 5. The first-order chi connectivity index (χ1) is 9.30. The van der Waals surface area contributed by atoms with Crippen LogP contribution in [-0.4, -0.2) is 45.1 Å². The van der Waals surface area contributed by atoms with Gasteiger partial charge >= 0.3 is 0 Å². The zero-order valence-corrected chi connectivity index (χ0v) is 13.0. The molecule has 1 aromatic carbocycles. The van der Waals surface area contributed by atoms with Gasteiger partial charge in [-0.25, -0.2) is 8.42 Å². The molecule has 0 radical (unpaired) electrons. The van der Waals surface area contributed by atoms with Crippen LogP contribution >= 0.6 is 0 Å². The van der Waals surface area contributed by atoms with Gasteiger partial charge in [0, 0.05) is 32.4 Å². The number of aliphatic hydroxyl groups is 1. The molecule has 0 spiro atoms. The molecule has 1 aromatic rings. The molecule has 0 aliphatic rings. The predicted molar refractivity (Wildman–Crippen MR) is 79.8 cm³/mol. The minimum atomic E-state index is -3.16. The van der Waals surface area contributed by atoms with E-state index in [-0.39, 0.29) is 5.75 Å². The fourth-order valence-corrected chi connectivity index (χ4v) is 2.53. The lowest BCUT2D eigenvalue weighted by Crippen LogP contribution is -2.34. The Morgan fingerprint density at radius 2 is 1.90 bits per heavy atom. The van der Waals surface area contributed by atoms with Crippen LogP contribution in [0.5, 0.6) is 0 Å². The van der Waals surface area contributed by atoms with Crippen LogP contribution in [0.3, 0.4) is 0 Å². The van der Waals surface area contributed by atoms with Gasteiger partial charge in [0.15, 0.2) is 9.84 Å². The molecule has 0 heterocycles. The van der Waals surface area contributed by atoms with Crippen molar-refractivity contribution in [3.63, 3.8) is 0 Å². The molecule has 1 atom stereocenters. The van der Waals surface area contributed by atoms with Crippen LogP contribution < -0.4 is 5.32 Å². The summed E-state index contributed by atoms with van der Waals surface area (Å²) in [6.45, 7) is 4.21. The molecule has 0 fully saturated rings. The Morgan fingerprint density at radius 3 is 2.40 bits per heavy atom. The highest BCUT2D eigenvalue weighted by Crippen LogP contribution is 2.17. The SMILES string of the molecule is CCS(=O)(=O)c1ccc(NCC(C)(O)CCOC)cc1. The topological polar surface area (TPSA) is 75.6 Å². The highest BCUT2D eigenvalue weighted by atomic mass is 32.2. The first-order valence-electron chi connectivity index (χ1n) is 6.59. The smallest absolute Gasteiger partial charge is 0.178 e. The number of hydrogen-bond donors (Lipinski definition) is 2. The van der Waals surface area contributed by atoms with Crippen molar-refractivity contribution < 1.29 is 18.3 Å². The standard InChI is InChI=1S/C14H23NO4S/c1-4-20(17,18)13-7-5-12(6-8-13)15-11-14(2,16)9-10-19-3/h5-8,15-16H,4,9-11H2,1-3H3. The molecule has 0 bridgehead atoms. The van der Waals surface area contributed by atoms with Gasteiger partial charge in [-0.05, 0) is 31.2 Å².